The fraction of sp³-hybridized carbons (Fsp3) is 0.286. The summed E-state index contributed by atoms with van der Waals surface area (Å²) in [5, 5.41) is 14.5. The van der Waals surface area contributed by atoms with Crippen molar-refractivity contribution in [1.29, 1.82) is 0 Å². The number of amides is 2. The largest absolute Gasteiger partial charge is 0.394 e. The van der Waals surface area contributed by atoms with Crippen molar-refractivity contribution < 1.29 is 19.5 Å². The summed E-state index contributed by atoms with van der Waals surface area (Å²) in [4.78, 5) is 35.9. The van der Waals surface area contributed by atoms with Gasteiger partial charge in [-0.25, -0.2) is 0 Å². The Balaban J connectivity index is 1.90. The first-order chi connectivity index (χ1) is 13.5. The Hall–Kier alpha value is -3.03. The normalized spacial score (nSPS) is 13.8. The van der Waals surface area contributed by atoms with E-state index in [9.17, 15) is 19.5 Å². The number of nitrogens with one attached hydrogen (secondary N) is 2. The summed E-state index contributed by atoms with van der Waals surface area (Å²) in [6.45, 7) is -0.605. The van der Waals surface area contributed by atoms with Gasteiger partial charge in [0, 0.05) is 0 Å². The van der Waals surface area contributed by atoms with E-state index in [1.807, 2.05) is 60.7 Å². The third-order valence-corrected chi connectivity index (χ3v) is 4.24. The topological polar surface area (TPSA) is 122 Å². The predicted molar refractivity (Wildman–Crippen MR) is 105 cm³/mol. The third-order valence-electron chi connectivity index (χ3n) is 4.24. The summed E-state index contributed by atoms with van der Waals surface area (Å²) >= 11 is 0. The Labute approximate surface area is 163 Å². The number of hydrogen-bond acceptors (Lipinski definition) is 5. The van der Waals surface area contributed by atoms with Crippen molar-refractivity contribution in [3.8, 4) is 0 Å². The molecule has 7 heteroatoms. The first-order valence-electron chi connectivity index (χ1n) is 9.03. The van der Waals surface area contributed by atoms with Gasteiger partial charge in [0.05, 0.1) is 18.7 Å². The van der Waals surface area contributed by atoms with Crippen molar-refractivity contribution in [2.24, 2.45) is 5.73 Å². The van der Waals surface area contributed by atoms with Crippen LogP contribution in [0.5, 0.6) is 0 Å². The number of aliphatic hydroxyl groups is 1. The summed E-state index contributed by atoms with van der Waals surface area (Å²) in [7, 11) is 0. The predicted octanol–water partition coefficient (Wildman–Crippen LogP) is -0.0401. The first kappa shape index (κ1) is 21.3. The zero-order valence-corrected chi connectivity index (χ0v) is 15.5. The standard InChI is InChI=1S/C21H25N3O4/c22-18(12-16-9-5-2-6-10-16)20(27)24-19(14-26)21(28)23-17(13-25)11-15-7-3-1-4-8-15/h1-10,13,17-19,26H,11-12,14,22H2,(H,23,28)(H,24,27)/t17-,18-,19-/m0/s1. The molecule has 7 nitrogen and oxygen atoms in total. The Morgan fingerprint density at radius 3 is 1.93 bits per heavy atom. The molecule has 0 radical (unpaired) electrons. The van der Waals surface area contributed by atoms with Gasteiger partial charge in [0.1, 0.15) is 12.3 Å². The molecule has 0 aliphatic carbocycles. The molecule has 148 valence electrons. The molecule has 0 saturated carbocycles. The van der Waals surface area contributed by atoms with Crippen molar-refractivity contribution in [1.82, 2.24) is 10.6 Å². The molecular weight excluding hydrogens is 358 g/mol. The molecule has 0 aliphatic heterocycles. The SMILES string of the molecule is N[C@@H](Cc1ccccc1)C(=O)N[C@@H](CO)C(=O)N[C@H](C=O)Cc1ccccc1. The van der Waals surface area contributed by atoms with Crippen molar-refractivity contribution in [2.45, 2.75) is 31.0 Å². The maximum absolute atomic E-state index is 12.4. The number of hydrogen-bond donors (Lipinski definition) is 4. The van der Waals surface area contributed by atoms with E-state index in [0.717, 1.165) is 11.1 Å². The lowest BCUT2D eigenvalue weighted by Gasteiger charge is -2.21. The summed E-state index contributed by atoms with van der Waals surface area (Å²) < 4.78 is 0. The second-order valence-electron chi connectivity index (χ2n) is 6.48. The van der Waals surface area contributed by atoms with Crippen LogP contribution in [-0.4, -0.2) is 47.9 Å². The van der Waals surface area contributed by atoms with Crippen LogP contribution in [0.2, 0.25) is 0 Å². The second kappa shape index (κ2) is 11.0. The molecule has 2 amide bonds. The Kier molecular flexibility index (Phi) is 8.33. The minimum Gasteiger partial charge on any atom is -0.394 e. The van der Waals surface area contributed by atoms with Crippen LogP contribution in [0.4, 0.5) is 0 Å². The molecule has 0 fully saturated rings. The zero-order chi connectivity index (χ0) is 20.4. The zero-order valence-electron chi connectivity index (χ0n) is 15.5. The fourth-order valence-electron chi connectivity index (χ4n) is 2.72. The van der Waals surface area contributed by atoms with E-state index in [4.69, 9.17) is 5.73 Å². The van der Waals surface area contributed by atoms with Crippen molar-refractivity contribution in [3.05, 3.63) is 71.8 Å². The number of carbonyl (C=O) groups is 3. The van der Waals surface area contributed by atoms with Gasteiger partial charge in [-0.1, -0.05) is 60.7 Å². The van der Waals surface area contributed by atoms with Crippen LogP contribution in [0, 0.1) is 0 Å². The van der Waals surface area contributed by atoms with E-state index in [-0.39, 0.29) is 0 Å². The van der Waals surface area contributed by atoms with Crippen LogP contribution in [0.25, 0.3) is 0 Å². The highest BCUT2D eigenvalue weighted by molar-refractivity contribution is 5.91. The molecule has 2 aromatic rings. The average Bonchev–Trinajstić information content (AvgIpc) is 2.72. The van der Waals surface area contributed by atoms with Crippen LogP contribution in [0.1, 0.15) is 11.1 Å². The molecule has 28 heavy (non-hydrogen) atoms. The van der Waals surface area contributed by atoms with E-state index in [2.05, 4.69) is 10.6 Å². The number of aliphatic hydroxyl groups excluding tert-OH is 1. The van der Waals surface area contributed by atoms with E-state index in [1.165, 1.54) is 0 Å². The van der Waals surface area contributed by atoms with Gasteiger partial charge in [0.25, 0.3) is 0 Å². The van der Waals surface area contributed by atoms with Crippen molar-refractivity contribution in [2.75, 3.05) is 6.61 Å². The Morgan fingerprint density at radius 2 is 1.43 bits per heavy atom. The molecule has 5 N–H and O–H groups in total. The summed E-state index contributed by atoms with van der Waals surface area (Å²) in [5.41, 5.74) is 7.67. The molecule has 2 aromatic carbocycles. The fourth-order valence-corrected chi connectivity index (χ4v) is 2.72. The van der Waals surface area contributed by atoms with Gasteiger partial charge in [-0.2, -0.15) is 0 Å². The van der Waals surface area contributed by atoms with Gasteiger partial charge in [-0.05, 0) is 24.0 Å². The lowest BCUT2D eigenvalue weighted by Crippen LogP contribution is -2.55. The lowest BCUT2D eigenvalue weighted by atomic mass is 10.1. The smallest absolute Gasteiger partial charge is 0.245 e. The van der Waals surface area contributed by atoms with Crippen LogP contribution in [-0.2, 0) is 27.2 Å². The lowest BCUT2D eigenvalue weighted by molar-refractivity contribution is -0.131. The molecule has 3 atom stereocenters. The van der Waals surface area contributed by atoms with Crippen LogP contribution in [0.15, 0.2) is 60.7 Å². The van der Waals surface area contributed by atoms with Crippen LogP contribution >= 0.6 is 0 Å². The molecule has 0 aromatic heterocycles. The van der Waals surface area contributed by atoms with Gasteiger partial charge in [-0.15, -0.1) is 0 Å². The maximum Gasteiger partial charge on any atom is 0.245 e. The minimum absolute atomic E-state index is 0.303. The number of aldehydes is 1. The first-order valence-corrected chi connectivity index (χ1v) is 9.03. The minimum atomic E-state index is -1.19. The number of rotatable bonds is 10. The van der Waals surface area contributed by atoms with Gasteiger partial charge < -0.3 is 26.3 Å². The van der Waals surface area contributed by atoms with Gasteiger partial charge >= 0.3 is 0 Å². The van der Waals surface area contributed by atoms with Gasteiger partial charge in [0.2, 0.25) is 11.8 Å². The Morgan fingerprint density at radius 1 is 0.893 bits per heavy atom. The van der Waals surface area contributed by atoms with Gasteiger partial charge in [-0.3, -0.25) is 9.59 Å². The molecule has 0 heterocycles. The third kappa shape index (κ3) is 6.61. The van der Waals surface area contributed by atoms with Crippen molar-refractivity contribution in [3.63, 3.8) is 0 Å². The molecule has 0 aliphatic rings. The highest BCUT2D eigenvalue weighted by atomic mass is 16.3. The molecule has 0 saturated heterocycles. The van der Waals surface area contributed by atoms with E-state index in [0.29, 0.717) is 19.1 Å². The van der Waals surface area contributed by atoms with Crippen LogP contribution < -0.4 is 16.4 Å². The highest BCUT2D eigenvalue weighted by Gasteiger charge is 2.25. The van der Waals surface area contributed by atoms with Crippen molar-refractivity contribution >= 4 is 18.1 Å². The molecular formula is C21H25N3O4. The van der Waals surface area contributed by atoms with E-state index in [1.54, 1.807) is 0 Å². The molecule has 0 spiro atoms. The number of carbonyl (C=O) groups excluding carboxylic acids is 3. The summed E-state index contributed by atoms with van der Waals surface area (Å²) in [6, 6.07) is 15.6. The summed E-state index contributed by atoms with van der Waals surface area (Å²) in [6.07, 6.45) is 1.25. The van der Waals surface area contributed by atoms with E-state index < -0.39 is 36.5 Å². The number of nitrogens with two attached hydrogens (primary N) is 1. The van der Waals surface area contributed by atoms with E-state index >= 15 is 0 Å². The quantitative estimate of drug-likeness (QED) is 0.429. The average molecular weight is 383 g/mol. The second-order valence-corrected chi connectivity index (χ2v) is 6.48. The Bertz CT molecular complexity index is 768. The monoisotopic (exact) mass is 383 g/mol. The molecule has 0 bridgehead atoms. The molecule has 0 unspecified atom stereocenters. The highest BCUT2D eigenvalue weighted by Crippen LogP contribution is 2.04. The maximum atomic E-state index is 12.4. The number of benzene rings is 2. The molecule has 2 rings (SSSR count). The summed E-state index contributed by atoms with van der Waals surface area (Å²) in [5.74, 6) is -1.19. The van der Waals surface area contributed by atoms with Gasteiger partial charge in [0.15, 0.2) is 0 Å². The van der Waals surface area contributed by atoms with Crippen LogP contribution in [0.3, 0.4) is 0 Å².